The van der Waals surface area contributed by atoms with Gasteiger partial charge in [-0.05, 0) is 32.7 Å². The standard InChI is InChI=1S/C14H25N5O/c1-14(2,3)13-17-11(18-19-13)12(20)16-10-7-5-9(15-4)6-8-10/h9-10,15H,5-8H2,1-4H3,(H,16,20)(H,17,18,19). The SMILES string of the molecule is CNC1CCC(NC(=O)c2n[nH]c(C(C)(C)C)n2)CC1. The summed E-state index contributed by atoms with van der Waals surface area (Å²) in [5, 5.41) is 13.2. The molecular formula is C14H25N5O. The van der Waals surface area contributed by atoms with Gasteiger partial charge in [0.25, 0.3) is 5.91 Å². The number of rotatable bonds is 3. The molecular weight excluding hydrogens is 254 g/mol. The van der Waals surface area contributed by atoms with E-state index in [1.165, 1.54) is 0 Å². The monoisotopic (exact) mass is 279 g/mol. The fourth-order valence-electron chi connectivity index (χ4n) is 2.48. The second-order valence-corrected chi connectivity index (χ2v) is 6.57. The molecule has 0 unspecified atom stereocenters. The van der Waals surface area contributed by atoms with E-state index in [-0.39, 0.29) is 23.2 Å². The van der Waals surface area contributed by atoms with E-state index in [0.717, 1.165) is 31.5 Å². The maximum atomic E-state index is 12.1. The van der Waals surface area contributed by atoms with Gasteiger partial charge in [-0.25, -0.2) is 4.98 Å². The van der Waals surface area contributed by atoms with Gasteiger partial charge in [0, 0.05) is 17.5 Å². The molecule has 112 valence electrons. The topological polar surface area (TPSA) is 82.7 Å². The number of hydrogen-bond acceptors (Lipinski definition) is 4. The van der Waals surface area contributed by atoms with Crippen LogP contribution >= 0.6 is 0 Å². The summed E-state index contributed by atoms with van der Waals surface area (Å²) in [4.78, 5) is 16.4. The molecule has 0 aliphatic heterocycles. The highest BCUT2D eigenvalue weighted by Crippen LogP contribution is 2.19. The van der Waals surface area contributed by atoms with Gasteiger partial charge < -0.3 is 10.6 Å². The molecule has 1 amide bonds. The predicted molar refractivity (Wildman–Crippen MR) is 77.7 cm³/mol. The van der Waals surface area contributed by atoms with Gasteiger partial charge >= 0.3 is 0 Å². The number of nitrogens with zero attached hydrogens (tertiary/aromatic N) is 2. The van der Waals surface area contributed by atoms with Crippen molar-refractivity contribution in [3.63, 3.8) is 0 Å². The first-order chi connectivity index (χ1) is 9.40. The zero-order valence-electron chi connectivity index (χ0n) is 12.8. The lowest BCUT2D eigenvalue weighted by Crippen LogP contribution is -2.41. The minimum Gasteiger partial charge on any atom is -0.347 e. The van der Waals surface area contributed by atoms with E-state index in [1.807, 2.05) is 27.8 Å². The third-order valence-electron chi connectivity index (χ3n) is 3.87. The Morgan fingerprint density at radius 2 is 1.80 bits per heavy atom. The molecule has 0 bridgehead atoms. The molecule has 0 atom stereocenters. The molecule has 1 fully saturated rings. The van der Waals surface area contributed by atoms with Gasteiger partial charge in [-0.2, -0.15) is 0 Å². The Kier molecular flexibility index (Phi) is 4.42. The molecule has 1 saturated carbocycles. The van der Waals surface area contributed by atoms with Crippen LogP contribution in [0.5, 0.6) is 0 Å². The highest BCUT2D eigenvalue weighted by Gasteiger charge is 2.25. The van der Waals surface area contributed by atoms with Crippen LogP contribution in [0.2, 0.25) is 0 Å². The molecule has 3 N–H and O–H groups in total. The van der Waals surface area contributed by atoms with E-state index in [1.54, 1.807) is 0 Å². The molecule has 0 radical (unpaired) electrons. The van der Waals surface area contributed by atoms with Crippen LogP contribution in [0, 0.1) is 0 Å². The molecule has 1 aliphatic rings. The average molecular weight is 279 g/mol. The second kappa shape index (κ2) is 5.91. The fourth-order valence-corrected chi connectivity index (χ4v) is 2.48. The minimum absolute atomic E-state index is 0.129. The molecule has 0 saturated heterocycles. The summed E-state index contributed by atoms with van der Waals surface area (Å²) in [6.45, 7) is 6.11. The van der Waals surface area contributed by atoms with Gasteiger partial charge in [-0.3, -0.25) is 9.89 Å². The highest BCUT2D eigenvalue weighted by atomic mass is 16.2. The van der Waals surface area contributed by atoms with Crippen molar-refractivity contribution in [1.29, 1.82) is 0 Å². The molecule has 1 aliphatic carbocycles. The maximum absolute atomic E-state index is 12.1. The van der Waals surface area contributed by atoms with Crippen molar-refractivity contribution in [2.24, 2.45) is 0 Å². The normalized spacial score (nSPS) is 23.6. The van der Waals surface area contributed by atoms with Crippen LogP contribution in [0.15, 0.2) is 0 Å². The van der Waals surface area contributed by atoms with Crippen molar-refractivity contribution in [1.82, 2.24) is 25.8 Å². The number of aromatic nitrogens is 3. The van der Waals surface area contributed by atoms with E-state index >= 15 is 0 Å². The summed E-state index contributed by atoms with van der Waals surface area (Å²) in [5.74, 6) is 0.803. The van der Waals surface area contributed by atoms with E-state index in [9.17, 15) is 4.79 Å². The number of carbonyl (C=O) groups is 1. The first-order valence-electron chi connectivity index (χ1n) is 7.31. The van der Waals surface area contributed by atoms with Crippen LogP contribution in [-0.2, 0) is 5.41 Å². The van der Waals surface area contributed by atoms with Crippen LogP contribution in [0.25, 0.3) is 0 Å². The quantitative estimate of drug-likeness (QED) is 0.780. The van der Waals surface area contributed by atoms with Gasteiger partial charge in [-0.15, -0.1) is 5.10 Å². The summed E-state index contributed by atoms with van der Waals surface area (Å²) in [6, 6.07) is 0.822. The molecule has 2 rings (SSSR count). The molecule has 1 aromatic rings. The predicted octanol–water partition coefficient (Wildman–Crippen LogP) is 1.36. The van der Waals surface area contributed by atoms with Crippen molar-refractivity contribution in [3.8, 4) is 0 Å². The molecule has 1 aromatic heterocycles. The lowest BCUT2D eigenvalue weighted by molar-refractivity contribution is 0.0914. The van der Waals surface area contributed by atoms with Crippen LogP contribution in [0.3, 0.4) is 0 Å². The first kappa shape index (κ1) is 15.0. The van der Waals surface area contributed by atoms with Crippen LogP contribution in [0.1, 0.15) is 62.9 Å². The molecule has 6 nitrogen and oxygen atoms in total. The van der Waals surface area contributed by atoms with Gasteiger partial charge in [0.05, 0.1) is 0 Å². The van der Waals surface area contributed by atoms with Crippen LogP contribution in [0.4, 0.5) is 0 Å². The fraction of sp³-hybridized carbons (Fsp3) is 0.786. The number of carbonyl (C=O) groups excluding carboxylic acids is 1. The zero-order valence-corrected chi connectivity index (χ0v) is 12.8. The average Bonchev–Trinajstić information content (AvgIpc) is 2.89. The van der Waals surface area contributed by atoms with Crippen molar-refractivity contribution in [3.05, 3.63) is 11.6 Å². The van der Waals surface area contributed by atoms with E-state index in [0.29, 0.717) is 6.04 Å². The highest BCUT2D eigenvalue weighted by molar-refractivity contribution is 5.90. The minimum atomic E-state index is -0.176. The third-order valence-corrected chi connectivity index (χ3v) is 3.87. The van der Waals surface area contributed by atoms with Gasteiger partial charge in [0.2, 0.25) is 5.82 Å². The molecule has 1 heterocycles. The Labute approximate surface area is 120 Å². The number of hydrogen-bond donors (Lipinski definition) is 3. The van der Waals surface area contributed by atoms with Gasteiger partial charge in [-0.1, -0.05) is 20.8 Å². The third kappa shape index (κ3) is 3.56. The van der Waals surface area contributed by atoms with Crippen molar-refractivity contribution in [2.75, 3.05) is 7.05 Å². The summed E-state index contributed by atoms with van der Waals surface area (Å²) in [6.07, 6.45) is 4.22. The van der Waals surface area contributed by atoms with Crippen molar-refractivity contribution < 1.29 is 4.79 Å². The Morgan fingerprint density at radius 3 is 2.30 bits per heavy atom. The lowest BCUT2D eigenvalue weighted by Gasteiger charge is -2.28. The Bertz CT molecular complexity index is 454. The summed E-state index contributed by atoms with van der Waals surface area (Å²) >= 11 is 0. The van der Waals surface area contributed by atoms with Gasteiger partial charge in [0.15, 0.2) is 0 Å². The zero-order chi connectivity index (χ0) is 14.8. The van der Waals surface area contributed by atoms with Crippen molar-refractivity contribution >= 4 is 5.91 Å². The molecule has 6 heteroatoms. The second-order valence-electron chi connectivity index (χ2n) is 6.57. The largest absolute Gasteiger partial charge is 0.347 e. The lowest BCUT2D eigenvalue weighted by atomic mass is 9.91. The Balaban J connectivity index is 1.91. The summed E-state index contributed by atoms with van der Waals surface area (Å²) in [7, 11) is 1.99. The van der Waals surface area contributed by atoms with Crippen LogP contribution in [-0.4, -0.2) is 40.2 Å². The number of H-pyrrole nitrogens is 1. The summed E-state index contributed by atoms with van der Waals surface area (Å²) in [5.41, 5.74) is -0.129. The number of nitrogens with one attached hydrogen (secondary N) is 3. The van der Waals surface area contributed by atoms with E-state index < -0.39 is 0 Å². The molecule has 20 heavy (non-hydrogen) atoms. The molecule has 0 aromatic carbocycles. The first-order valence-corrected chi connectivity index (χ1v) is 7.31. The van der Waals surface area contributed by atoms with Gasteiger partial charge in [0.1, 0.15) is 5.82 Å². The Morgan fingerprint density at radius 1 is 1.20 bits per heavy atom. The smallest absolute Gasteiger partial charge is 0.291 e. The van der Waals surface area contributed by atoms with E-state index in [4.69, 9.17) is 0 Å². The Hall–Kier alpha value is -1.43. The number of amides is 1. The number of aromatic amines is 1. The summed E-state index contributed by atoms with van der Waals surface area (Å²) < 4.78 is 0. The molecule has 0 spiro atoms. The van der Waals surface area contributed by atoms with Crippen LogP contribution < -0.4 is 10.6 Å². The van der Waals surface area contributed by atoms with E-state index in [2.05, 4.69) is 25.8 Å². The van der Waals surface area contributed by atoms with Crippen molar-refractivity contribution in [2.45, 2.75) is 64.0 Å². The maximum Gasteiger partial charge on any atom is 0.291 e.